The van der Waals surface area contributed by atoms with Gasteiger partial charge in [-0.2, -0.15) is 0 Å². The maximum atomic E-state index is 11.8. The predicted molar refractivity (Wildman–Crippen MR) is 71.7 cm³/mol. The molecule has 0 saturated heterocycles. The molecule has 0 aliphatic rings. The van der Waals surface area contributed by atoms with Crippen molar-refractivity contribution < 1.29 is 19.7 Å². The van der Waals surface area contributed by atoms with E-state index in [1.807, 2.05) is 0 Å². The van der Waals surface area contributed by atoms with Crippen LogP contribution in [0.5, 0.6) is 5.75 Å². The first-order valence-corrected chi connectivity index (χ1v) is 6.16. The van der Waals surface area contributed by atoms with Gasteiger partial charge in [-0.3, -0.25) is 4.79 Å². The molecule has 4 N–H and O–H groups in total. The third kappa shape index (κ3) is 5.15. The van der Waals surface area contributed by atoms with E-state index in [0.717, 1.165) is 0 Å². The minimum absolute atomic E-state index is 0.127. The minimum Gasteiger partial charge on any atom is -0.491 e. The highest BCUT2D eigenvalue weighted by Crippen LogP contribution is 2.19. The van der Waals surface area contributed by atoms with Crippen LogP contribution in [0.2, 0.25) is 0 Å². The number of nitrogens with two attached hydrogens (primary N) is 1. The van der Waals surface area contributed by atoms with Gasteiger partial charge in [0.1, 0.15) is 5.75 Å². The SMILES string of the molecule is Nc1ccccc1OCCC(=O)N(CCO)CCO. The first-order chi connectivity index (χ1) is 9.19. The summed E-state index contributed by atoms with van der Waals surface area (Å²) >= 11 is 0. The van der Waals surface area contributed by atoms with Crippen molar-refractivity contribution in [2.45, 2.75) is 6.42 Å². The molecule has 1 aromatic rings. The maximum absolute atomic E-state index is 11.8. The van der Waals surface area contributed by atoms with Crippen molar-refractivity contribution >= 4 is 11.6 Å². The van der Waals surface area contributed by atoms with Crippen molar-refractivity contribution in [1.29, 1.82) is 0 Å². The second-order valence-electron chi connectivity index (χ2n) is 3.96. The Kier molecular flexibility index (Phi) is 6.70. The number of nitrogens with zero attached hydrogens (tertiary/aromatic N) is 1. The van der Waals surface area contributed by atoms with Crippen molar-refractivity contribution in [2.75, 3.05) is 38.6 Å². The number of hydrogen-bond acceptors (Lipinski definition) is 5. The highest BCUT2D eigenvalue weighted by Gasteiger charge is 2.12. The summed E-state index contributed by atoms with van der Waals surface area (Å²) in [6, 6.07) is 7.06. The fraction of sp³-hybridized carbons (Fsp3) is 0.462. The number of hydrogen-bond donors (Lipinski definition) is 3. The van der Waals surface area contributed by atoms with E-state index in [1.54, 1.807) is 24.3 Å². The number of amides is 1. The number of rotatable bonds is 8. The van der Waals surface area contributed by atoms with E-state index in [9.17, 15) is 4.79 Å². The number of para-hydroxylation sites is 2. The Balaban J connectivity index is 2.39. The summed E-state index contributed by atoms with van der Waals surface area (Å²) in [7, 11) is 0. The van der Waals surface area contributed by atoms with Gasteiger partial charge in [0.15, 0.2) is 0 Å². The zero-order valence-electron chi connectivity index (χ0n) is 10.8. The average Bonchev–Trinajstić information content (AvgIpc) is 2.40. The molecule has 1 rings (SSSR count). The lowest BCUT2D eigenvalue weighted by molar-refractivity contribution is -0.132. The van der Waals surface area contributed by atoms with Gasteiger partial charge in [-0.25, -0.2) is 0 Å². The van der Waals surface area contributed by atoms with Crippen LogP contribution in [0.15, 0.2) is 24.3 Å². The van der Waals surface area contributed by atoms with Crippen LogP contribution >= 0.6 is 0 Å². The molecule has 1 amide bonds. The summed E-state index contributed by atoms with van der Waals surface area (Å²) in [6.45, 7) is 0.386. The van der Waals surface area contributed by atoms with E-state index in [1.165, 1.54) is 4.90 Å². The molecule has 0 heterocycles. The number of aliphatic hydroxyl groups is 2. The van der Waals surface area contributed by atoms with Crippen LogP contribution in [0, 0.1) is 0 Å². The number of nitrogen functional groups attached to an aromatic ring is 1. The lowest BCUT2D eigenvalue weighted by Crippen LogP contribution is -2.36. The van der Waals surface area contributed by atoms with E-state index in [-0.39, 0.29) is 45.2 Å². The zero-order valence-corrected chi connectivity index (χ0v) is 10.8. The summed E-state index contributed by atoms with van der Waals surface area (Å²) in [5.41, 5.74) is 6.23. The smallest absolute Gasteiger partial charge is 0.226 e. The van der Waals surface area contributed by atoms with Crippen LogP contribution in [0.25, 0.3) is 0 Å². The zero-order chi connectivity index (χ0) is 14.1. The number of aliphatic hydroxyl groups excluding tert-OH is 2. The third-order valence-corrected chi connectivity index (χ3v) is 2.59. The van der Waals surface area contributed by atoms with Crippen molar-refractivity contribution in [3.05, 3.63) is 24.3 Å². The monoisotopic (exact) mass is 268 g/mol. The quantitative estimate of drug-likeness (QED) is 0.570. The van der Waals surface area contributed by atoms with Crippen LogP contribution in [-0.4, -0.2) is 53.9 Å². The van der Waals surface area contributed by atoms with Crippen molar-refractivity contribution in [3.63, 3.8) is 0 Å². The molecule has 0 bridgehead atoms. The molecular formula is C13H20N2O4. The van der Waals surface area contributed by atoms with Crippen LogP contribution < -0.4 is 10.5 Å². The Morgan fingerprint density at radius 2 is 1.84 bits per heavy atom. The van der Waals surface area contributed by atoms with Crippen molar-refractivity contribution in [2.24, 2.45) is 0 Å². The van der Waals surface area contributed by atoms with E-state index in [0.29, 0.717) is 11.4 Å². The number of carbonyl (C=O) groups excluding carboxylic acids is 1. The lowest BCUT2D eigenvalue weighted by Gasteiger charge is -2.20. The molecule has 6 nitrogen and oxygen atoms in total. The van der Waals surface area contributed by atoms with Crippen LogP contribution in [0.4, 0.5) is 5.69 Å². The Bertz CT molecular complexity index is 392. The summed E-state index contributed by atoms with van der Waals surface area (Å²) in [4.78, 5) is 13.2. The normalized spacial score (nSPS) is 10.2. The largest absolute Gasteiger partial charge is 0.491 e. The summed E-state index contributed by atoms with van der Waals surface area (Å²) in [5, 5.41) is 17.7. The highest BCUT2D eigenvalue weighted by atomic mass is 16.5. The van der Waals surface area contributed by atoms with Gasteiger partial charge in [-0.1, -0.05) is 12.1 Å². The van der Waals surface area contributed by atoms with Crippen molar-refractivity contribution in [1.82, 2.24) is 4.90 Å². The van der Waals surface area contributed by atoms with E-state index >= 15 is 0 Å². The Hall–Kier alpha value is -1.79. The second kappa shape index (κ2) is 8.34. The molecule has 0 aliphatic heterocycles. The molecule has 0 radical (unpaired) electrons. The van der Waals surface area contributed by atoms with E-state index in [4.69, 9.17) is 20.7 Å². The minimum atomic E-state index is -0.169. The number of anilines is 1. The first kappa shape index (κ1) is 15.3. The molecule has 0 fully saturated rings. The van der Waals surface area contributed by atoms with Gasteiger partial charge in [0, 0.05) is 13.1 Å². The van der Waals surface area contributed by atoms with Crippen molar-refractivity contribution in [3.8, 4) is 5.75 Å². The number of benzene rings is 1. The van der Waals surface area contributed by atoms with Crippen LogP contribution in [0.1, 0.15) is 6.42 Å². The Labute approximate surface area is 112 Å². The molecule has 0 atom stereocenters. The first-order valence-electron chi connectivity index (χ1n) is 6.16. The number of carbonyl (C=O) groups is 1. The van der Waals surface area contributed by atoms with Gasteiger partial charge < -0.3 is 25.6 Å². The second-order valence-corrected chi connectivity index (χ2v) is 3.96. The topological polar surface area (TPSA) is 96.0 Å². The molecule has 6 heteroatoms. The fourth-order valence-corrected chi connectivity index (χ4v) is 1.62. The Morgan fingerprint density at radius 3 is 2.42 bits per heavy atom. The molecule has 0 unspecified atom stereocenters. The summed E-state index contributed by atoms with van der Waals surface area (Å²) < 4.78 is 5.42. The van der Waals surface area contributed by atoms with Gasteiger partial charge >= 0.3 is 0 Å². The molecule has 0 spiro atoms. The standard InChI is InChI=1S/C13H20N2O4/c14-11-3-1-2-4-12(11)19-10-5-13(18)15(6-8-16)7-9-17/h1-4,16-17H,5-10,14H2. The highest BCUT2D eigenvalue weighted by molar-refractivity contribution is 5.76. The van der Waals surface area contributed by atoms with Gasteiger partial charge in [0.2, 0.25) is 5.91 Å². The lowest BCUT2D eigenvalue weighted by atomic mass is 10.3. The average molecular weight is 268 g/mol. The molecular weight excluding hydrogens is 248 g/mol. The maximum Gasteiger partial charge on any atom is 0.226 e. The predicted octanol–water partition coefficient (Wildman–Crippen LogP) is -0.149. The molecule has 0 aromatic heterocycles. The molecule has 106 valence electrons. The van der Waals surface area contributed by atoms with Gasteiger partial charge in [0.25, 0.3) is 0 Å². The summed E-state index contributed by atoms with van der Waals surface area (Å²) in [6.07, 6.45) is 0.175. The van der Waals surface area contributed by atoms with E-state index in [2.05, 4.69) is 0 Å². The van der Waals surface area contributed by atoms with Gasteiger partial charge in [0.05, 0.1) is 31.9 Å². The van der Waals surface area contributed by atoms with Gasteiger partial charge in [-0.05, 0) is 12.1 Å². The molecule has 19 heavy (non-hydrogen) atoms. The summed E-state index contributed by atoms with van der Waals surface area (Å²) in [5.74, 6) is 0.378. The third-order valence-electron chi connectivity index (χ3n) is 2.59. The molecule has 0 aliphatic carbocycles. The fourth-order valence-electron chi connectivity index (χ4n) is 1.62. The molecule has 1 aromatic carbocycles. The number of ether oxygens (including phenoxy) is 1. The van der Waals surface area contributed by atoms with Gasteiger partial charge in [-0.15, -0.1) is 0 Å². The Morgan fingerprint density at radius 1 is 1.21 bits per heavy atom. The molecule has 0 saturated carbocycles. The van der Waals surface area contributed by atoms with E-state index < -0.39 is 0 Å². The van der Waals surface area contributed by atoms with Crippen LogP contribution in [0.3, 0.4) is 0 Å². The van der Waals surface area contributed by atoms with Crippen LogP contribution in [-0.2, 0) is 4.79 Å².